The zero-order valence-corrected chi connectivity index (χ0v) is 11.4. The topological polar surface area (TPSA) is 74.7 Å². The summed E-state index contributed by atoms with van der Waals surface area (Å²) in [6, 6.07) is 6.57. The van der Waals surface area contributed by atoms with Crippen LogP contribution in [0.25, 0.3) is 0 Å². The summed E-state index contributed by atoms with van der Waals surface area (Å²) in [5, 5.41) is 8.86. The normalized spacial score (nSPS) is 13.1. The van der Waals surface area contributed by atoms with E-state index in [1.54, 1.807) is 37.1 Å². The molecule has 0 bridgehead atoms. The van der Waals surface area contributed by atoms with Gasteiger partial charge in [-0.15, -0.1) is 0 Å². The average Bonchev–Trinajstić information content (AvgIpc) is 2.27. The van der Waals surface area contributed by atoms with E-state index in [0.717, 1.165) is 6.26 Å². The van der Waals surface area contributed by atoms with Crippen molar-refractivity contribution in [3.05, 3.63) is 24.3 Å². The summed E-state index contributed by atoms with van der Waals surface area (Å²) in [6.07, 6.45) is 1.14. The minimum Gasteiger partial charge on any atom is -0.481 e. The number of benzene rings is 1. The fourth-order valence-electron chi connectivity index (χ4n) is 1.67. The summed E-state index contributed by atoms with van der Waals surface area (Å²) in [4.78, 5) is 12.7. The number of sulfone groups is 1. The van der Waals surface area contributed by atoms with Crippen LogP contribution in [-0.2, 0) is 14.6 Å². The van der Waals surface area contributed by atoms with E-state index in [4.69, 9.17) is 5.11 Å². The number of para-hydroxylation sites is 1. The zero-order valence-electron chi connectivity index (χ0n) is 10.6. The van der Waals surface area contributed by atoms with Crippen LogP contribution in [0.5, 0.6) is 0 Å². The van der Waals surface area contributed by atoms with Crippen LogP contribution in [-0.4, -0.2) is 39.3 Å². The Bertz CT molecular complexity index is 539. The Kier molecular flexibility index (Phi) is 4.34. The van der Waals surface area contributed by atoms with E-state index >= 15 is 0 Å². The largest absolute Gasteiger partial charge is 0.481 e. The minimum atomic E-state index is -3.32. The van der Waals surface area contributed by atoms with E-state index in [1.807, 2.05) is 0 Å². The molecule has 0 spiro atoms. The fourth-order valence-corrected chi connectivity index (χ4v) is 2.60. The molecule has 0 fully saturated rings. The van der Waals surface area contributed by atoms with E-state index in [0.29, 0.717) is 5.69 Å². The van der Waals surface area contributed by atoms with Crippen molar-refractivity contribution in [2.75, 3.05) is 24.7 Å². The lowest BCUT2D eigenvalue weighted by Crippen LogP contribution is -2.29. The van der Waals surface area contributed by atoms with Crippen molar-refractivity contribution in [1.82, 2.24) is 0 Å². The molecule has 6 heteroatoms. The minimum absolute atomic E-state index is 0.213. The number of hydrogen-bond acceptors (Lipinski definition) is 4. The molecule has 18 heavy (non-hydrogen) atoms. The highest BCUT2D eigenvalue weighted by Crippen LogP contribution is 2.24. The number of carboxylic acids is 1. The molecule has 0 aliphatic heterocycles. The summed E-state index contributed by atoms with van der Waals surface area (Å²) < 4.78 is 23.3. The Balaban J connectivity index is 3.07. The van der Waals surface area contributed by atoms with Crippen LogP contribution in [0.3, 0.4) is 0 Å². The van der Waals surface area contributed by atoms with Crippen molar-refractivity contribution in [1.29, 1.82) is 0 Å². The van der Waals surface area contributed by atoms with Gasteiger partial charge in [-0.2, -0.15) is 0 Å². The summed E-state index contributed by atoms with van der Waals surface area (Å²) in [5.74, 6) is -1.47. The molecule has 1 aromatic rings. The highest BCUT2D eigenvalue weighted by Gasteiger charge is 2.19. The number of anilines is 1. The number of carboxylic acid groups (broad SMARTS) is 1. The van der Waals surface area contributed by atoms with Crippen molar-refractivity contribution in [2.45, 2.75) is 11.8 Å². The first-order chi connectivity index (χ1) is 8.23. The van der Waals surface area contributed by atoms with Gasteiger partial charge in [0, 0.05) is 19.8 Å². The highest BCUT2D eigenvalue weighted by molar-refractivity contribution is 7.90. The monoisotopic (exact) mass is 271 g/mol. The molecule has 0 radical (unpaired) electrons. The molecule has 1 rings (SSSR count). The lowest BCUT2D eigenvalue weighted by Gasteiger charge is -2.23. The van der Waals surface area contributed by atoms with Crippen LogP contribution >= 0.6 is 0 Å². The number of carbonyl (C=O) groups is 1. The number of aliphatic carboxylic acids is 1. The van der Waals surface area contributed by atoms with E-state index in [2.05, 4.69) is 0 Å². The lowest BCUT2D eigenvalue weighted by atomic mass is 10.1. The van der Waals surface area contributed by atoms with Crippen LogP contribution in [0.1, 0.15) is 6.92 Å². The molecule has 0 saturated heterocycles. The smallest absolute Gasteiger partial charge is 0.308 e. The van der Waals surface area contributed by atoms with Crippen molar-refractivity contribution in [3.8, 4) is 0 Å². The van der Waals surface area contributed by atoms with Crippen LogP contribution in [0.2, 0.25) is 0 Å². The van der Waals surface area contributed by atoms with Crippen LogP contribution in [0, 0.1) is 5.92 Å². The third-order valence-electron chi connectivity index (χ3n) is 2.65. The molecule has 0 aliphatic rings. The number of nitrogens with zero attached hydrogens (tertiary/aromatic N) is 1. The summed E-state index contributed by atoms with van der Waals surface area (Å²) >= 11 is 0. The predicted octanol–water partition coefficient (Wildman–Crippen LogP) is 1.25. The average molecular weight is 271 g/mol. The van der Waals surface area contributed by atoms with Crippen molar-refractivity contribution in [2.24, 2.45) is 5.92 Å². The maximum atomic E-state index is 11.6. The fraction of sp³-hybridized carbons (Fsp3) is 0.417. The van der Waals surface area contributed by atoms with Crippen molar-refractivity contribution < 1.29 is 18.3 Å². The maximum Gasteiger partial charge on any atom is 0.308 e. The number of hydrogen-bond donors (Lipinski definition) is 1. The van der Waals surface area contributed by atoms with Gasteiger partial charge in [0.1, 0.15) is 0 Å². The molecule has 1 N–H and O–H groups in total. The molecular weight excluding hydrogens is 254 g/mol. The molecule has 0 amide bonds. The van der Waals surface area contributed by atoms with Crippen molar-refractivity contribution >= 4 is 21.5 Å². The highest BCUT2D eigenvalue weighted by atomic mass is 32.2. The number of rotatable bonds is 5. The molecule has 5 nitrogen and oxygen atoms in total. The zero-order chi connectivity index (χ0) is 13.9. The summed E-state index contributed by atoms with van der Waals surface area (Å²) in [5.41, 5.74) is 0.521. The maximum absolute atomic E-state index is 11.6. The molecule has 1 unspecified atom stereocenters. The van der Waals surface area contributed by atoms with Gasteiger partial charge in [0.15, 0.2) is 9.84 Å². The molecule has 0 saturated carbocycles. The van der Waals surface area contributed by atoms with Gasteiger partial charge in [0.05, 0.1) is 16.5 Å². The van der Waals surface area contributed by atoms with Gasteiger partial charge >= 0.3 is 5.97 Å². The van der Waals surface area contributed by atoms with Gasteiger partial charge in [-0.25, -0.2) is 8.42 Å². The second-order valence-electron chi connectivity index (χ2n) is 4.36. The third-order valence-corrected chi connectivity index (χ3v) is 3.79. The van der Waals surface area contributed by atoms with Gasteiger partial charge < -0.3 is 10.0 Å². The quantitative estimate of drug-likeness (QED) is 0.872. The van der Waals surface area contributed by atoms with Crippen molar-refractivity contribution in [3.63, 3.8) is 0 Å². The van der Waals surface area contributed by atoms with Crippen LogP contribution < -0.4 is 4.90 Å². The molecule has 0 heterocycles. The predicted molar refractivity (Wildman–Crippen MR) is 69.6 cm³/mol. The van der Waals surface area contributed by atoms with E-state index in [-0.39, 0.29) is 11.4 Å². The first kappa shape index (κ1) is 14.5. The lowest BCUT2D eigenvalue weighted by molar-refractivity contribution is -0.140. The summed E-state index contributed by atoms with van der Waals surface area (Å²) in [6.45, 7) is 1.84. The Hall–Kier alpha value is -1.56. The van der Waals surface area contributed by atoms with Crippen LogP contribution in [0.4, 0.5) is 5.69 Å². The molecular formula is C12H17NO4S. The van der Waals surface area contributed by atoms with E-state index in [1.165, 1.54) is 6.07 Å². The molecule has 1 atom stereocenters. The Morgan fingerprint density at radius 3 is 2.44 bits per heavy atom. The second kappa shape index (κ2) is 5.39. The molecule has 0 aliphatic carbocycles. The van der Waals surface area contributed by atoms with Gasteiger partial charge in [-0.3, -0.25) is 4.79 Å². The Morgan fingerprint density at radius 1 is 1.39 bits per heavy atom. The second-order valence-corrected chi connectivity index (χ2v) is 6.34. The first-order valence-electron chi connectivity index (χ1n) is 5.46. The Labute approximate surface area is 107 Å². The standard InChI is InChI=1S/C12H17NO4S/c1-9(12(14)15)8-13(2)10-6-4-5-7-11(10)18(3,16)17/h4-7,9H,8H2,1-3H3,(H,14,15). The van der Waals surface area contributed by atoms with Crippen LogP contribution in [0.15, 0.2) is 29.2 Å². The van der Waals surface area contributed by atoms with Gasteiger partial charge in [-0.05, 0) is 12.1 Å². The SMILES string of the molecule is CC(CN(C)c1ccccc1S(C)(=O)=O)C(=O)O. The molecule has 100 valence electrons. The molecule has 0 aromatic heterocycles. The summed E-state index contributed by atoms with van der Waals surface area (Å²) in [7, 11) is -1.64. The van der Waals surface area contributed by atoms with Gasteiger partial charge in [0.2, 0.25) is 0 Å². The van der Waals surface area contributed by atoms with E-state index in [9.17, 15) is 13.2 Å². The Morgan fingerprint density at radius 2 is 1.94 bits per heavy atom. The molecule has 1 aromatic carbocycles. The van der Waals surface area contributed by atoms with Gasteiger partial charge in [-0.1, -0.05) is 19.1 Å². The third kappa shape index (κ3) is 3.46. The van der Waals surface area contributed by atoms with E-state index < -0.39 is 21.7 Å². The van der Waals surface area contributed by atoms with Gasteiger partial charge in [0.25, 0.3) is 0 Å². The first-order valence-corrected chi connectivity index (χ1v) is 7.35.